The topological polar surface area (TPSA) is 120 Å². The molecule has 0 aliphatic rings. The zero-order valence-corrected chi connectivity index (χ0v) is 15.5. The number of nitrogens with one attached hydrogen (secondary N) is 2. The molecule has 0 fully saturated rings. The third-order valence-corrected chi connectivity index (χ3v) is 3.90. The van der Waals surface area contributed by atoms with E-state index in [1.165, 1.54) is 7.11 Å². The van der Waals surface area contributed by atoms with Crippen LogP contribution in [0.2, 0.25) is 0 Å². The number of primary amides is 1. The van der Waals surface area contributed by atoms with E-state index in [4.69, 9.17) is 15.2 Å². The number of methoxy groups -OCH3 is 1. The molecular weight excluding hydrogens is 362 g/mol. The van der Waals surface area contributed by atoms with Crippen molar-refractivity contribution in [1.29, 1.82) is 0 Å². The summed E-state index contributed by atoms with van der Waals surface area (Å²) in [6.45, 7) is -0.255. The summed E-state index contributed by atoms with van der Waals surface area (Å²) in [6, 6.07) is 15.3. The van der Waals surface area contributed by atoms with Gasteiger partial charge in [-0.15, -0.1) is 0 Å². The Morgan fingerprint density at radius 2 is 1.71 bits per heavy atom. The normalized spacial score (nSPS) is 11.2. The quantitative estimate of drug-likeness (QED) is 0.598. The van der Waals surface area contributed by atoms with E-state index in [2.05, 4.69) is 10.6 Å². The number of hydrogen-bond acceptors (Lipinski definition) is 5. The largest absolute Gasteiger partial charge is 0.496 e. The van der Waals surface area contributed by atoms with Crippen LogP contribution in [-0.4, -0.2) is 37.6 Å². The lowest BCUT2D eigenvalue weighted by molar-refractivity contribution is -0.126. The highest BCUT2D eigenvalue weighted by molar-refractivity contribution is 5.88. The van der Waals surface area contributed by atoms with E-state index < -0.39 is 23.9 Å². The molecule has 8 heteroatoms. The minimum atomic E-state index is -0.939. The molecular formula is C20H23N3O5. The van der Waals surface area contributed by atoms with Crippen LogP contribution in [0.15, 0.2) is 54.6 Å². The number of carbonyl (C=O) groups excluding carboxylic acids is 3. The van der Waals surface area contributed by atoms with Crippen LogP contribution in [0.5, 0.6) is 5.75 Å². The number of nitrogens with two attached hydrogens (primary N) is 1. The van der Waals surface area contributed by atoms with Crippen molar-refractivity contribution in [3.63, 3.8) is 0 Å². The number of hydrogen-bond donors (Lipinski definition) is 3. The van der Waals surface area contributed by atoms with Gasteiger partial charge >= 0.3 is 6.09 Å². The zero-order chi connectivity index (χ0) is 20.4. The number of alkyl carbamates (subject to hydrolysis) is 1. The highest BCUT2D eigenvalue weighted by atomic mass is 16.5. The average molecular weight is 385 g/mol. The second-order valence-corrected chi connectivity index (χ2v) is 5.95. The molecule has 28 heavy (non-hydrogen) atoms. The molecule has 4 N–H and O–H groups in total. The first kappa shape index (κ1) is 20.8. The summed E-state index contributed by atoms with van der Waals surface area (Å²) >= 11 is 0. The number of benzene rings is 2. The predicted octanol–water partition coefficient (Wildman–Crippen LogP) is 1.13. The van der Waals surface area contributed by atoms with Gasteiger partial charge in [-0.05, 0) is 17.2 Å². The van der Waals surface area contributed by atoms with E-state index in [-0.39, 0.29) is 19.6 Å². The van der Waals surface area contributed by atoms with Crippen molar-refractivity contribution >= 4 is 17.9 Å². The lowest BCUT2D eigenvalue weighted by atomic mass is 10.0. The van der Waals surface area contributed by atoms with Crippen molar-refractivity contribution in [2.75, 3.05) is 13.7 Å². The number of ether oxygens (including phenoxy) is 2. The van der Waals surface area contributed by atoms with Crippen LogP contribution in [0.1, 0.15) is 11.1 Å². The summed E-state index contributed by atoms with van der Waals surface area (Å²) in [7, 11) is 1.52. The summed E-state index contributed by atoms with van der Waals surface area (Å²) in [4.78, 5) is 35.4. The molecule has 0 aliphatic heterocycles. The number of para-hydroxylation sites is 1. The highest BCUT2D eigenvalue weighted by Crippen LogP contribution is 2.18. The number of rotatable bonds is 9. The maximum atomic E-state index is 12.1. The molecule has 0 unspecified atom stereocenters. The highest BCUT2D eigenvalue weighted by Gasteiger charge is 2.20. The Bertz CT molecular complexity index is 810. The Labute approximate surface area is 163 Å². The molecule has 1 atom stereocenters. The van der Waals surface area contributed by atoms with Crippen molar-refractivity contribution in [1.82, 2.24) is 10.6 Å². The molecule has 0 saturated carbocycles. The smallest absolute Gasteiger partial charge is 0.407 e. The third kappa shape index (κ3) is 6.64. The number of carbonyl (C=O) groups is 3. The van der Waals surface area contributed by atoms with Crippen molar-refractivity contribution in [2.24, 2.45) is 5.73 Å². The molecule has 0 bridgehead atoms. The fourth-order valence-corrected chi connectivity index (χ4v) is 2.49. The SMILES string of the molecule is COc1ccccc1C[C@H](NC(=O)CNC(=O)OCc1ccccc1)C(N)=O. The third-order valence-electron chi connectivity index (χ3n) is 3.90. The average Bonchev–Trinajstić information content (AvgIpc) is 2.71. The minimum Gasteiger partial charge on any atom is -0.496 e. The summed E-state index contributed by atoms with van der Waals surface area (Å²) in [5, 5.41) is 4.84. The maximum absolute atomic E-state index is 12.1. The predicted molar refractivity (Wildman–Crippen MR) is 102 cm³/mol. The van der Waals surface area contributed by atoms with Gasteiger partial charge in [0, 0.05) is 6.42 Å². The second kappa shape index (κ2) is 10.6. The van der Waals surface area contributed by atoms with E-state index in [0.717, 1.165) is 11.1 Å². The molecule has 148 valence electrons. The minimum absolute atomic E-state index is 0.0893. The van der Waals surface area contributed by atoms with E-state index in [1.54, 1.807) is 24.3 Å². The zero-order valence-electron chi connectivity index (χ0n) is 15.5. The molecule has 0 radical (unpaired) electrons. The number of amides is 3. The Morgan fingerprint density at radius 1 is 1.04 bits per heavy atom. The van der Waals surface area contributed by atoms with Crippen molar-refractivity contribution < 1.29 is 23.9 Å². The molecule has 0 heterocycles. The van der Waals surface area contributed by atoms with Gasteiger partial charge in [0.25, 0.3) is 0 Å². The first-order valence-corrected chi connectivity index (χ1v) is 8.64. The summed E-state index contributed by atoms with van der Waals surface area (Å²) in [6.07, 6.45) is -0.567. The van der Waals surface area contributed by atoms with Crippen molar-refractivity contribution in [3.8, 4) is 5.75 Å². The van der Waals surface area contributed by atoms with Gasteiger partial charge in [-0.25, -0.2) is 4.79 Å². The van der Waals surface area contributed by atoms with Crippen LogP contribution in [0.3, 0.4) is 0 Å². The van der Waals surface area contributed by atoms with Gasteiger partial charge in [0.15, 0.2) is 0 Å². The van der Waals surface area contributed by atoms with Crippen molar-refractivity contribution in [2.45, 2.75) is 19.1 Å². The molecule has 0 aliphatic carbocycles. The van der Waals surface area contributed by atoms with Crippen molar-refractivity contribution in [3.05, 3.63) is 65.7 Å². The summed E-state index contributed by atoms with van der Waals surface area (Å²) < 4.78 is 10.3. The summed E-state index contributed by atoms with van der Waals surface area (Å²) in [5.41, 5.74) is 6.94. The second-order valence-electron chi connectivity index (χ2n) is 5.95. The van der Waals surface area contributed by atoms with Gasteiger partial charge in [-0.2, -0.15) is 0 Å². The van der Waals surface area contributed by atoms with Gasteiger partial charge < -0.3 is 25.8 Å². The molecule has 2 aromatic carbocycles. The van der Waals surface area contributed by atoms with Gasteiger partial charge in [-0.1, -0.05) is 48.5 Å². The molecule has 8 nitrogen and oxygen atoms in total. The van der Waals surface area contributed by atoms with E-state index in [1.807, 2.05) is 30.3 Å². The van der Waals surface area contributed by atoms with Crippen LogP contribution in [0.25, 0.3) is 0 Å². The van der Waals surface area contributed by atoms with E-state index in [9.17, 15) is 14.4 Å². The monoisotopic (exact) mass is 385 g/mol. The Morgan fingerprint density at radius 3 is 2.39 bits per heavy atom. The van der Waals surface area contributed by atoms with E-state index in [0.29, 0.717) is 5.75 Å². The molecule has 2 aromatic rings. The first-order chi connectivity index (χ1) is 13.5. The molecule has 2 rings (SSSR count). The summed E-state index contributed by atoms with van der Waals surface area (Å²) in [5.74, 6) is -0.660. The van der Waals surface area contributed by atoms with Gasteiger partial charge in [-0.3, -0.25) is 9.59 Å². The molecule has 0 spiro atoms. The molecule has 3 amide bonds. The van der Waals surface area contributed by atoms with Crippen LogP contribution >= 0.6 is 0 Å². The molecule has 0 saturated heterocycles. The van der Waals surface area contributed by atoms with Gasteiger partial charge in [0.2, 0.25) is 11.8 Å². The lowest BCUT2D eigenvalue weighted by Crippen LogP contribution is -2.49. The van der Waals surface area contributed by atoms with Crippen LogP contribution in [-0.2, 0) is 27.4 Å². The van der Waals surface area contributed by atoms with Gasteiger partial charge in [0.05, 0.1) is 7.11 Å². The Kier molecular flexibility index (Phi) is 7.83. The van der Waals surface area contributed by atoms with Gasteiger partial charge in [0.1, 0.15) is 24.9 Å². The van der Waals surface area contributed by atoms with E-state index >= 15 is 0 Å². The maximum Gasteiger partial charge on any atom is 0.407 e. The lowest BCUT2D eigenvalue weighted by Gasteiger charge is -2.17. The fourth-order valence-electron chi connectivity index (χ4n) is 2.49. The van der Waals surface area contributed by atoms with Crippen LogP contribution in [0.4, 0.5) is 4.79 Å². The Hall–Kier alpha value is -3.55. The van der Waals surface area contributed by atoms with Crippen LogP contribution < -0.4 is 21.1 Å². The Balaban J connectivity index is 1.81. The molecule has 0 aromatic heterocycles. The van der Waals surface area contributed by atoms with Crippen LogP contribution in [0, 0.1) is 0 Å². The first-order valence-electron chi connectivity index (χ1n) is 8.64. The fraction of sp³-hybridized carbons (Fsp3) is 0.250. The standard InChI is InChI=1S/C20H23N3O5/c1-27-17-10-6-5-9-15(17)11-16(19(21)25)23-18(24)12-22-20(26)28-13-14-7-3-2-4-8-14/h2-10,16H,11-13H2,1H3,(H2,21,25)(H,22,26)(H,23,24)/t16-/m0/s1.